The van der Waals surface area contributed by atoms with Crippen LogP contribution < -0.4 is 10.6 Å². The van der Waals surface area contributed by atoms with Gasteiger partial charge < -0.3 is 10.6 Å². The summed E-state index contributed by atoms with van der Waals surface area (Å²) >= 11 is 0. The smallest absolute Gasteiger partial charge is 0.295 e. The molecule has 2 fully saturated rings. The Labute approximate surface area is 116 Å². The van der Waals surface area contributed by atoms with E-state index in [0.717, 1.165) is 38.4 Å². The largest absolute Gasteiger partial charge is 0.365 e. The molecule has 1 saturated carbocycles. The van der Waals surface area contributed by atoms with Gasteiger partial charge in [0, 0.05) is 19.1 Å². The lowest BCUT2D eigenvalue weighted by Crippen LogP contribution is -2.32. The molecule has 3 atom stereocenters. The van der Waals surface area contributed by atoms with Crippen LogP contribution in [0.1, 0.15) is 19.3 Å². The zero-order chi connectivity index (χ0) is 14.3. The van der Waals surface area contributed by atoms with Crippen LogP contribution in [0.25, 0.3) is 0 Å². The third-order valence-corrected chi connectivity index (χ3v) is 4.57. The summed E-state index contributed by atoms with van der Waals surface area (Å²) in [5.41, 5.74) is 6.38. The van der Waals surface area contributed by atoms with Gasteiger partial charge in [0.05, 0.1) is 11.0 Å². The van der Waals surface area contributed by atoms with Gasteiger partial charge >= 0.3 is 0 Å². The fourth-order valence-corrected chi connectivity index (χ4v) is 3.57. The molecule has 1 aliphatic carbocycles. The third-order valence-electron chi connectivity index (χ3n) is 4.57. The van der Waals surface area contributed by atoms with Crippen molar-refractivity contribution in [3.05, 3.63) is 34.1 Å². The number of rotatable bonds is 2. The van der Waals surface area contributed by atoms with Gasteiger partial charge in [0.15, 0.2) is 0 Å². The molecule has 6 heteroatoms. The molecular formula is C14H18FN3O2. The molecular weight excluding hydrogens is 261 g/mol. The highest BCUT2D eigenvalue weighted by atomic mass is 19.1. The van der Waals surface area contributed by atoms with Crippen molar-refractivity contribution < 1.29 is 9.31 Å². The third kappa shape index (κ3) is 2.35. The van der Waals surface area contributed by atoms with Crippen LogP contribution in [0.2, 0.25) is 0 Å². The van der Waals surface area contributed by atoms with Crippen molar-refractivity contribution in [2.45, 2.75) is 25.3 Å². The number of nitro groups is 1. The van der Waals surface area contributed by atoms with E-state index in [-0.39, 0.29) is 11.7 Å². The highest BCUT2D eigenvalue weighted by Crippen LogP contribution is 2.40. The number of hydrogen-bond acceptors (Lipinski definition) is 4. The van der Waals surface area contributed by atoms with Gasteiger partial charge in [0.1, 0.15) is 11.5 Å². The van der Waals surface area contributed by atoms with Crippen LogP contribution in [-0.4, -0.2) is 24.1 Å². The molecule has 108 valence electrons. The fraction of sp³-hybridized carbons (Fsp3) is 0.571. The number of nitro benzene ring substituents is 1. The van der Waals surface area contributed by atoms with E-state index in [4.69, 9.17) is 5.73 Å². The summed E-state index contributed by atoms with van der Waals surface area (Å²) in [6, 6.07) is 4.06. The van der Waals surface area contributed by atoms with Crippen LogP contribution in [0.3, 0.4) is 0 Å². The fourth-order valence-electron chi connectivity index (χ4n) is 3.57. The molecule has 0 amide bonds. The Morgan fingerprint density at radius 3 is 2.80 bits per heavy atom. The van der Waals surface area contributed by atoms with Gasteiger partial charge in [-0.1, -0.05) is 0 Å². The molecule has 1 saturated heterocycles. The Bertz CT molecular complexity index is 537. The van der Waals surface area contributed by atoms with E-state index in [1.807, 2.05) is 4.90 Å². The highest BCUT2D eigenvalue weighted by Gasteiger charge is 2.38. The standard InChI is InChI=1S/C14H18FN3O2/c15-11-2-4-13(14(6-11)18(19)20)17-7-9-1-3-12(16)5-10(9)8-17/h2,4,6,9-10,12H,1,3,5,7-8,16H2/t9-,10+,12?/m1/s1. The average molecular weight is 279 g/mol. The van der Waals surface area contributed by atoms with Crippen LogP contribution in [0.4, 0.5) is 15.8 Å². The normalized spacial score (nSPS) is 29.3. The second kappa shape index (κ2) is 5.01. The van der Waals surface area contributed by atoms with E-state index in [0.29, 0.717) is 17.5 Å². The molecule has 20 heavy (non-hydrogen) atoms. The first kappa shape index (κ1) is 13.3. The minimum absolute atomic E-state index is 0.145. The van der Waals surface area contributed by atoms with Crippen molar-refractivity contribution in [2.24, 2.45) is 17.6 Å². The maximum atomic E-state index is 13.2. The molecule has 1 aliphatic heterocycles. The molecule has 5 nitrogen and oxygen atoms in total. The molecule has 0 radical (unpaired) electrons. The highest BCUT2D eigenvalue weighted by molar-refractivity contribution is 5.64. The van der Waals surface area contributed by atoms with E-state index < -0.39 is 10.7 Å². The summed E-state index contributed by atoms with van der Waals surface area (Å²) in [7, 11) is 0. The van der Waals surface area contributed by atoms with Crippen LogP contribution in [-0.2, 0) is 0 Å². The van der Waals surface area contributed by atoms with Gasteiger partial charge in [-0.3, -0.25) is 10.1 Å². The summed E-state index contributed by atoms with van der Waals surface area (Å²) in [5.74, 6) is 0.488. The SMILES string of the molecule is NC1CC[C@@H]2CN(c3ccc(F)cc3[N+](=O)[O-])C[C@@H]2C1. The van der Waals surface area contributed by atoms with Crippen LogP contribution in [0, 0.1) is 27.8 Å². The Hall–Kier alpha value is -1.69. The number of hydrogen-bond donors (Lipinski definition) is 1. The molecule has 2 N–H and O–H groups in total. The van der Waals surface area contributed by atoms with Crippen LogP contribution in [0.15, 0.2) is 18.2 Å². The van der Waals surface area contributed by atoms with Crippen molar-refractivity contribution in [2.75, 3.05) is 18.0 Å². The summed E-state index contributed by atoms with van der Waals surface area (Å²) < 4.78 is 13.2. The minimum atomic E-state index is -0.570. The topological polar surface area (TPSA) is 72.4 Å². The zero-order valence-electron chi connectivity index (χ0n) is 11.2. The van der Waals surface area contributed by atoms with Crippen molar-refractivity contribution in [3.8, 4) is 0 Å². The molecule has 1 aromatic rings. The van der Waals surface area contributed by atoms with Crippen molar-refractivity contribution in [3.63, 3.8) is 0 Å². The van der Waals surface area contributed by atoms with Gasteiger partial charge in [-0.15, -0.1) is 0 Å². The van der Waals surface area contributed by atoms with E-state index >= 15 is 0 Å². The maximum absolute atomic E-state index is 13.2. The van der Waals surface area contributed by atoms with Crippen LogP contribution in [0.5, 0.6) is 0 Å². The lowest BCUT2D eigenvalue weighted by molar-refractivity contribution is -0.384. The number of fused-ring (bicyclic) bond motifs is 1. The molecule has 3 rings (SSSR count). The van der Waals surface area contributed by atoms with Gasteiger partial charge in [-0.05, 0) is 43.2 Å². The van der Waals surface area contributed by atoms with Crippen molar-refractivity contribution in [1.29, 1.82) is 0 Å². The van der Waals surface area contributed by atoms with E-state index in [1.165, 1.54) is 12.1 Å². The number of halogens is 1. The molecule has 1 unspecified atom stereocenters. The summed E-state index contributed by atoms with van der Waals surface area (Å²) in [5, 5.41) is 11.1. The number of anilines is 1. The Kier molecular flexibility index (Phi) is 3.33. The second-order valence-electron chi connectivity index (χ2n) is 5.89. The molecule has 0 spiro atoms. The number of nitrogens with zero attached hydrogens (tertiary/aromatic N) is 2. The van der Waals surface area contributed by atoms with E-state index in [2.05, 4.69) is 0 Å². The van der Waals surface area contributed by atoms with E-state index in [9.17, 15) is 14.5 Å². The van der Waals surface area contributed by atoms with E-state index in [1.54, 1.807) is 0 Å². The monoisotopic (exact) mass is 279 g/mol. The van der Waals surface area contributed by atoms with Crippen molar-refractivity contribution >= 4 is 11.4 Å². The molecule has 0 aromatic heterocycles. The molecule has 2 aliphatic rings. The molecule has 1 aromatic carbocycles. The Balaban J connectivity index is 1.86. The second-order valence-corrected chi connectivity index (χ2v) is 5.89. The summed E-state index contributed by atoms with van der Waals surface area (Å²) in [6.45, 7) is 1.59. The molecule has 0 bridgehead atoms. The first-order valence-electron chi connectivity index (χ1n) is 6.99. The number of benzene rings is 1. The van der Waals surface area contributed by atoms with Crippen molar-refractivity contribution in [1.82, 2.24) is 0 Å². The first-order chi connectivity index (χ1) is 9.54. The Morgan fingerprint density at radius 2 is 2.05 bits per heavy atom. The summed E-state index contributed by atoms with van der Waals surface area (Å²) in [6.07, 6.45) is 3.09. The maximum Gasteiger partial charge on any atom is 0.295 e. The number of nitrogens with two attached hydrogens (primary N) is 1. The zero-order valence-corrected chi connectivity index (χ0v) is 11.2. The predicted molar refractivity (Wildman–Crippen MR) is 74.1 cm³/mol. The molecule has 1 heterocycles. The van der Waals surface area contributed by atoms with Gasteiger partial charge in [0.2, 0.25) is 0 Å². The van der Waals surface area contributed by atoms with Gasteiger partial charge in [-0.2, -0.15) is 0 Å². The quantitative estimate of drug-likeness (QED) is 0.666. The minimum Gasteiger partial charge on any atom is -0.365 e. The Morgan fingerprint density at radius 1 is 1.30 bits per heavy atom. The average Bonchev–Trinajstić information content (AvgIpc) is 2.81. The lowest BCUT2D eigenvalue weighted by atomic mass is 9.79. The van der Waals surface area contributed by atoms with Crippen LogP contribution >= 0.6 is 0 Å². The lowest BCUT2D eigenvalue weighted by Gasteiger charge is -2.27. The van der Waals surface area contributed by atoms with Gasteiger partial charge in [0.25, 0.3) is 5.69 Å². The first-order valence-corrected chi connectivity index (χ1v) is 6.99. The predicted octanol–water partition coefficient (Wildman–Crippen LogP) is 2.30. The van der Waals surface area contributed by atoms with Gasteiger partial charge in [-0.25, -0.2) is 4.39 Å². The summed E-state index contributed by atoms with van der Waals surface area (Å²) in [4.78, 5) is 12.6.